The molecular weight excluding hydrogens is 405 g/mol. The molecule has 32 heavy (non-hydrogen) atoms. The zero-order valence-electron chi connectivity index (χ0n) is 18.9. The van der Waals surface area contributed by atoms with E-state index in [0.29, 0.717) is 30.8 Å². The van der Waals surface area contributed by atoms with E-state index in [-0.39, 0.29) is 11.9 Å². The van der Waals surface area contributed by atoms with Gasteiger partial charge in [-0.1, -0.05) is 44.0 Å². The van der Waals surface area contributed by atoms with Crippen LogP contribution in [0.3, 0.4) is 0 Å². The first-order valence-corrected chi connectivity index (χ1v) is 11.5. The second-order valence-corrected chi connectivity index (χ2v) is 8.63. The van der Waals surface area contributed by atoms with Gasteiger partial charge in [0.15, 0.2) is 0 Å². The first-order chi connectivity index (χ1) is 15.5. The van der Waals surface area contributed by atoms with E-state index in [1.807, 2.05) is 37.3 Å². The van der Waals surface area contributed by atoms with Crippen molar-refractivity contribution in [3.63, 3.8) is 0 Å². The lowest BCUT2D eigenvalue weighted by Gasteiger charge is -2.25. The van der Waals surface area contributed by atoms with Crippen molar-refractivity contribution >= 4 is 0 Å². The maximum absolute atomic E-state index is 13.8. The topological polar surface area (TPSA) is 50.5 Å². The van der Waals surface area contributed by atoms with Gasteiger partial charge in [0.25, 0.3) is 0 Å². The van der Waals surface area contributed by atoms with Crippen LogP contribution in [0.4, 0.5) is 4.39 Å². The minimum Gasteiger partial charge on any atom is -0.438 e. The second kappa shape index (κ2) is 10.3. The summed E-state index contributed by atoms with van der Waals surface area (Å²) < 4.78 is 21.9. The Morgan fingerprint density at radius 3 is 2.66 bits per heavy atom. The summed E-state index contributed by atoms with van der Waals surface area (Å²) in [5, 5.41) is 15.3. The average molecular weight is 438 g/mol. The van der Waals surface area contributed by atoms with Crippen LogP contribution in [0.1, 0.15) is 50.3 Å². The van der Waals surface area contributed by atoms with Crippen LogP contribution in [0.25, 0.3) is 5.69 Å². The van der Waals surface area contributed by atoms with E-state index in [1.165, 1.54) is 12.1 Å². The highest BCUT2D eigenvalue weighted by atomic mass is 19.1. The molecule has 170 valence electrons. The summed E-state index contributed by atoms with van der Waals surface area (Å²) in [6, 6.07) is 16.5. The van der Waals surface area contributed by atoms with Crippen LogP contribution in [0, 0.1) is 12.7 Å². The Bertz CT molecular complexity index is 1020. The maximum Gasteiger partial charge on any atom is 0.227 e. The number of unbranched alkanes of at least 4 members (excludes halogenated alkanes) is 1. The molecule has 1 aromatic heterocycles. The summed E-state index contributed by atoms with van der Waals surface area (Å²) in [7, 11) is 0. The molecule has 0 saturated heterocycles. The van der Waals surface area contributed by atoms with E-state index < -0.39 is 0 Å². The number of benzene rings is 2. The number of para-hydroxylation sites is 1. The Kier molecular flexibility index (Phi) is 7.22. The van der Waals surface area contributed by atoms with Crippen molar-refractivity contribution < 1.29 is 14.2 Å². The van der Waals surface area contributed by atoms with Crippen LogP contribution in [-0.4, -0.2) is 38.5 Å². The highest BCUT2D eigenvalue weighted by Gasteiger charge is 2.32. The van der Waals surface area contributed by atoms with Crippen LogP contribution in [-0.2, 0) is 6.54 Å². The SMILES string of the molecule is CCCCC(O)CN(Cc1c(C)nn(-c2ccccc2)c1Oc1cccc(F)c1)C1CC1. The highest BCUT2D eigenvalue weighted by molar-refractivity contribution is 5.43. The number of hydrogen-bond acceptors (Lipinski definition) is 4. The minimum atomic E-state index is -0.342. The number of aromatic nitrogens is 2. The van der Waals surface area contributed by atoms with Crippen molar-refractivity contribution in [1.82, 2.24) is 14.7 Å². The molecule has 0 spiro atoms. The maximum atomic E-state index is 13.8. The molecule has 6 heteroatoms. The van der Waals surface area contributed by atoms with Gasteiger partial charge in [0, 0.05) is 25.2 Å². The Labute approximate surface area is 189 Å². The van der Waals surface area contributed by atoms with Crippen LogP contribution in [0.15, 0.2) is 54.6 Å². The van der Waals surface area contributed by atoms with E-state index in [2.05, 4.69) is 11.8 Å². The zero-order valence-corrected chi connectivity index (χ0v) is 18.9. The summed E-state index contributed by atoms with van der Waals surface area (Å²) in [4.78, 5) is 2.35. The van der Waals surface area contributed by atoms with Gasteiger partial charge in [-0.2, -0.15) is 5.10 Å². The van der Waals surface area contributed by atoms with Gasteiger partial charge in [-0.25, -0.2) is 9.07 Å². The van der Waals surface area contributed by atoms with Crippen molar-refractivity contribution in [2.75, 3.05) is 6.54 Å². The van der Waals surface area contributed by atoms with Gasteiger partial charge in [0.2, 0.25) is 5.88 Å². The van der Waals surface area contributed by atoms with Crippen LogP contribution >= 0.6 is 0 Å². The molecule has 4 rings (SSSR count). The van der Waals surface area contributed by atoms with Crippen LogP contribution in [0.2, 0.25) is 0 Å². The fraction of sp³-hybridized carbons (Fsp3) is 0.423. The molecule has 5 nitrogen and oxygen atoms in total. The van der Waals surface area contributed by atoms with Gasteiger partial charge in [-0.15, -0.1) is 0 Å². The Hall–Kier alpha value is -2.70. The molecule has 1 aliphatic carbocycles. The molecular formula is C26H32FN3O2. The molecule has 3 aromatic rings. The molecule has 0 aliphatic heterocycles. The highest BCUT2D eigenvalue weighted by Crippen LogP contribution is 2.35. The summed E-state index contributed by atoms with van der Waals surface area (Å²) in [5.74, 6) is 0.683. The van der Waals surface area contributed by atoms with Gasteiger partial charge >= 0.3 is 0 Å². The molecule has 2 aromatic carbocycles. The molecule has 1 aliphatic rings. The predicted molar refractivity (Wildman–Crippen MR) is 124 cm³/mol. The summed E-state index contributed by atoms with van der Waals surface area (Å²) in [6.45, 7) is 5.39. The zero-order chi connectivity index (χ0) is 22.5. The predicted octanol–water partition coefficient (Wildman–Crippen LogP) is 5.63. The molecule has 1 N–H and O–H groups in total. The lowest BCUT2D eigenvalue weighted by Crippen LogP contribution is -2.34. The van der Waals surface area contributed by atoms with E-state index in [9.17, 15) is 9.50 Å². The van der Waals surface area contributed by atoms with E-state index in [4.69, 9.17) is 9.84 Å². The first kappa shape index (κ1) is 22.5. The molecule has 1 atom stereocenters. The quantitative estimate of drug-likeness (QED) is 0.423. The molecule has 1 unspecified atom stereocenters. The number of aliphatic hydroxyl groups excluding tert-OH is 1. The van der Waals surface area contributed by atoms with Gasteiger partial charge < -0.3 is 9.84 Å². The largest absolute Gasteiger partial charge is 0.438 e. The van der Waals surface area contributed by atoms with E-state index in [0.717, 1.165) is 49.0 Å². The molecule has 1 saturated carbocycles. The molecule has 0 radical (unpaired) electrons. The third-order valence-electron chi connectivity index (χ3n) is 5.91. The van der Waals surface area contributed by atoms with Gasteiger partial charge in [0.05, 0.1) is 23.0 Å². The Morgan fingerprint density at radius 2 is 1.97 bits per heavy atom. The normalized spacial score (nSPS) is 14.7. The molecule has 0 bridgehead atoms. The van der Waals surface area contributed by atoms with Crippen LogP contribution < -0.4 is 4.74 Å². The fourth-order valence-electron chi connectivity index (χ4n) is 4.00. The van der Waals surface area contributed by atoms with Gasteiger partial charge in [-0.3, -0.25) is 4.90 Å². The van der Waals surface area contributed by atoms with Crippen molar-refractivity contribution in [3.8, 4) is 17.3 Å². The summed E-state index contributed by atoms with van der Waals surface area (Å²) in [5.41, 5.74) is 2.72. The molecule has 0 amide bonds. The summed E-state index contributed by atoms with van der Waals surface area (Å²) >= 11 is 0. The fourth-order valence-corrected chi connectivity index (χ4v) is 4.00. The minimum absolute atomic E-state index is 0.340. The molecule has 1 heterocycles. The Balaban J connectivity index is 1.66. The summed E-state index contributed by atoms with van der Waals surface area (Å²) in [6.07, 6.45) is 4.87. The number of ether oxygens (including phenoxy) is 1. The average Bonchev–Trinajstić information content (AvgIpc) is 3.59. The lowest BCUT2D eigenvalue weighted by molar-refractivity contribution is 0.0949. The monoisotopic (exact) mass is 437 g/mol. The number of aryl methyl sites for hydroxylation is 1. The number of aliphatic hydroxyl groups is 1. The third-order valence-corrected chi connectivity index (χ3v) is 5.91. The smallest absolute Gasteiger partial charge is 0.227 e. The van der Waals surface area contributed by atoms with Gasteiger partial charge in [0.1, 0.15) is 11.6 Å². The van der Waals surface area contributed by atoms with Gasteiger partial charge in [-0.05, 0) is 50.5 Å². The van der Waals surface area contributed by atoms with Crippen molar-refractivity contribution in [2.24, 2.45) is 0 Å². The third kappa shape index (κ3) is 5.56. The van der Waals surface area contributed by atoms with Crippen molar-refractivity contribution in [1.29, 1.82) is 0 Å². The van der Waals surface area contributed by atoms with Crippen molar-refractivity contribution in [2.45, 2.75) is 64.6 Å². The molecule has 1 fully saturated rings. The van der Waals surface area contributed by atoms with E-state index in [1.54, 1.807) is 16.8 Å². The number of nitrogens with zero attached hydrogens (tertiary/aromatic N) is 3. The first-order valence-electron chi connectivity index (χ1n) is 11.5. The second-order valence-electron chi connectivity index (χ2n) is 8.63. The number of halogens is 1. The van der Waals surface area contributed by atoms with Crippen molar-refractivity contribution in [3.05, 3.63) is 71.7 Å². The number of hydrogen-bond donors (Lipinski definition) is 1. The number of rotatable bonds is 11. The Morgan fingerprint density at radius 1 is 1.19 bits per heavy atom. The standard InChI is InChI=1S/C26H32FN3O2/c1-3-4-12-23(31)17-29(21-14-15-21)18-25-19(2)28-30(22-10-6-5-7-11-22)26(25)32-24-13-8-9-20(27)16-24/h5-11,13,16,21,23,31H,3-4,12,14-15,17-18H2,1-2H3. The van der Waals surface area contributed by atoms with Crippen LogP contribution in [0.5, 0.6) is 11.6 Å². The lowest BCUT2D eigenvalue weighted by atomic mass is 10.1. The van der Waals surface area contributed by atoms with E-state index >= 15 is 0 Å².